The summed E-state index contributed by atoms with van der Waals surface area (Å²) in [5.74, 6) is -1.49. The zero-order valence-corrected chi connectivity index (χ0v) is 23.1. The number of primary amides is 1. The smallest absolute Gasteiger partial charge is 0.408 e. The maximum atomic E-state index is 13.9. The number of nitrogens with zero attached hydrogens (tertiary/aromatic N) is 2. The summed E-state index contributed by atoms with van der Waals surface area (Å²) in [4.78, 5) is 52.8. The minimum absolute atomic E-state index is 0.172. The second-order valence-corrected chi connectivity index (χ2v) is 9.82. The number of carbonyl (C=O) groups excluding carboxylic acids is 4. The maximum absolute atomic E-state index is 13.9. The van der Waals surface area contributed by atoms with E-state index < -0.39 is 48.0 Å². The Morgan fingerprint density at radius 3 is 2.38 bits per heavy atom. The molecule has 0 bridgehead atoms. The van der Waals surface area contributed by atoms with Gasteiger partial charge in [-0.05, 0) is 68.7 Å². The minimum atomic E-state index is -1.31. The number of nitrogens with one attached hydrogen (secondary N) is 2. The van der Waals surface area contributed by atoms with Crippen molar-refractivity contribution in [3.8, 4) is 11.8 Å². The first-order valence-corrected chi connectivity index (χ1v) is 12.5. The standard InChI is InChI=1S/C29H35N5O6/c1-6-19-8-7-9-20(18-19)25(26(36)32-21-10-12-22(39-5)13-11-21)34(17-16-30)27(37)23(14-15-24(31)35)33-28(38)40-29(2,3)4/h6-13,18,23,25H,1,14-15,17H2,2-5H3,(H2,31,35)(H,32,36)(H,33,38). The van der Waals surface area contributed by atoms with Crippen LogP contribution in [0.5, 0.6) is 5.75 Å². The van der Waals surface area contributed by atoms with Crippen LogP contribution in [-0.4, -0.2) is 54.0 Å². The average Bonchev–Trinajstić information content (AvgIpc) is 2.89. The van der Waals surface area contributed by atoms with Crippen molar-refractivity contribution in [1.82, 2.24) is 10.2 Å². The monoisotopic (exact) mass is 549 g/mol. The number of carbonyl (C=O) groups is 4. The molecule has 0 aliphatic heterocycles. The molecular weight excluding hydrogens is 514 g/mol. The van der Waals surface area contributed by atoms with Gasteiger partial charge in [-0.2, -0.15) is 5.26 Å². The van der Waals surface area contributed by atoms with E-state index in [9.17, 15) is 24.4 Å². The lowest BCUT2D eigenvalue weighted by Gasteiger charge is -2.33. The van der Waals surface area contributed by atoms with Crippen LogP contribution in [0.4, 0.5) is 10.5 Å². The Morgan fingerprint density at radius 2 is 1.82 bits per heavy atom. The minimum Gasteiger partial charge on any atom is -0.497 e. The number of nitrogens with two attached hydrogens (primary N) is 1. The molecule has 212 valence electrons. The third-order valence-corrected chi connectivity index (χ3v) is 5.57. The van der Waals surface area contributed by atoms with Gasteiger partial charge in [-0.15, -0.1) is 0 Å². The molecule has 2 rings (SSSR count). The lowest BCUT2D eigenvalue weighted by atomic mass is 9.99. The molecule has 2 aromatic rings. The molecular formula is C29H35N5O6. The summed E-state index contributed by atoms with van der Waals surface area (Å²) in [6.45, 7) is 8.22. The largest absolute Gasteiger partial charge is 0.497 e. The third-order valence-electron chi connectivity index (χ3n) is 5.57. The van der Waals surface area contributed by atoms with Gasteiger partial charge in [0, 0.05) is 12.1 Å². The Kier molecular flexibility index (Phi) is 11.2. The molecule has 0 saturated carbocycles. The average molecular weight is 550 g/mol. The summed E-state index contributed by atoms with van der Waals surface area (Å²) in [7, 11) is 1.52. The molecule has 2 atom stereocenters. The molecule has 11 heteroatoms. The molecule has 0 saturated heterocycles. The second-order valence-electron chi connectivity index (χ2n) is 9.82. The van der Waals surface area contributed by atoms with Crippen LogP contribution in [0.3, 0.4) is 0 Å². The van der Waals surface area contributed by atoms with E-state index in [-0.39, 0.29) is 12.8 Å². The maximum Gasteiger partial charge on any atom is 0.408 e. The molecule has 4 N–H and O–H groups in total. The predicted molar refractivity (Wildman–Crippen MR) is 150 cm³/mol. The quantitative estimate of drug-likeness (QED) is 0.341. The van der Waals surface area contributed by atoms with E-state index in [2.05, 4.69) is 17.2 Å². The van der Waals surface area contributed by atoms with Crippen LogP contribution in [0.2, 0.25) is 0 Å². The topological polar surface area (TPSA) is 164 Å². The van der Waals surface area contributed by atoms with Crippen LogP contribution in [-0.2, 0) is 19.1 Å². The highest BCUT2D eigenvalue weighted by atomic mass is 16.6. The van der Waals surface area contributed by atoms with E-state index >= 15 is 0 Å². The van der Waals surface area contributed by atoms with Crippen LogP contribution in [0, 0.1) is 11.3 Å². The van der Waals surface area contributed by atoms with Crippen molar-refractivity contribution < 1.29 is 28.7 Å². The van der Waals surface area contributed by atoms with E-state index in [0.717, 1.165) is 4.90 Å². The molecule has 2 aromatic carbocycles. The molecule has 0 fully saturated rings. The van der Waals surface area contributed by atoms with Crippen LogP contribution in [0.15, 0.2) is 55.1 Å². The van der Waals surface area contributed by atoms with Gasteiger partial charge in [-0.1, -0.05) is 30.9 Å². The fourth-order valence-corrected chi connectivity index (χ4v) is 3.78. The summed E-state index contributed by atoms with van der Waals surface area (Å²) in [6.07, 6.45) is 0.272. The summed E-state index contributed by atoms with van der Waals surface area (Å²) in [6, 6.07) is 12.7. The number of methoxy groups -OCH3 is 1. The Morgan fingerprint density at radius 1 is 1.15 bits per heavy atom. The van der Waals surface area contributed by atoms with Crippen molar-refractivity contribution in [1.29, 1.82) is 5.26 Å². The van der Waals surface area contributed by atoms with Crippen molar-refractivity contribution in [3.63, 3.8) is 0 Å². The number of hydrogen-bond donors (Lipinski definition) is 3. The first kappa shape index (κ1) is 31.4. The highest BCUT2D eigenvalue weighted by molar-refractivity contribution is 5.99. The summed E-state index contributed by atoms with van der Waals surface area (Å²) in [5.41, 5.74) is 5.95. The zero-order valence-electron chi connectivity index (χ0n) is 23.1. The van der Waals surface area contributed by atoms with E-state index in [1.54, 1.807) is 75.4 Å². The Labute approximate surface area is 233 Å². The molecule has 2 unspecified atom stereocenters. The van der Waals surface area contributed by atoms with Gasteiger partial charge in [-0.25, -0.2) is 4.79 Å². The summed E-state index contributed by atoms with van der Waals surface area (Å²) in [5, 5.41) is 14.9. The first-order chi connectivity index (χ1) is 18.9. The van der Waals surface area contributed by atoms with Gasteiger partial charge < -0.3 is 30.7 Å². The van der Waals surface area contributed by atoms with Crippen molar-refractivity contribution in [2.24, 2.45) is 5.73 Å². The Balaban J connectivity index is 2.53. The van der Waals surface area contributed by atoms with E-state index in [0.29, 0.717) is 22.6 Å². The second kappa shape index (κ2) is 14.3. The normalized spacial score (nSPS) is 12.2. The van der Waals surface area contributed by atoms with Crippen LogP contribution >= 0.6 is 0 Å². The number of alkyl carbamates (subject to hydrolysis) is 1. The molecule has 0 heterocycles. The number of anilines is 1. The first-order valence-electron chi connectivity index (χ1n) is 12.5. The van der Waals surface area contributed by atoms with Gasteiger partial charge in [0.05, 0.1) is 13.2 Å². The van der Waals surface area contributed by atoms with E-state index in [1.807, 2.05) is 6.07 Å². The van der Waals surface area contributed by atoms with Gasteiger partial charge in [0.25, 0.3) is 5.91 Å². The Hall–Kier alpha value is -4.85. The summed E-state index contributed by atoms with van der Waals surface area (Å²) >= 11 is 0. The molecule has 0 aromatic heterocycles. The molecule has 0 radical (unpaired) electrons. The van der Waals surface area contributed by atoms with Gasteiger partial charge in [0.2, 0.25) is 11.8 Å². The molecule has 40 heavy (non-hydrogen) atoms. The van der Waals surface area contributed by atoms with Crippen molar-refractivity contribution in [2.45, 2.75) is 51.3 Å². The number of rotatable bonds is 12. The lowest BCUT2D eigenvalue weighted by molar-refractivity contribution is -0.140. The molecule has 0 spiro atoms. The molecule has 4 amide bonds. The van der Waals surface area contributed by atoms with Gasteiger partial charge >= 0.3 is 6.09 Å². The lowest BCUT2D eigenvalue weighted by Crippen LogP contribution is -2.52. The van der Waals surface area contributed by atoms with E-state index in [1.165, 1.54) is 7.11 Å². The number of hydrogen-bond acceptors (Lipinski definition) is 7. The molecule has 0 aliphatic carbocycles. The Bertz CT molecular complexity index is 1260. The molecule has 11 nitrogen and oxygen atoms in total. The van der Waals surface area contributed by atoms with Crippen molar-refractivity contribution >= 4 is 35.6 Å². The third kappa shape index (κ3) is 9.47. The van der Waals surface area contributed by atoms with Gasteiger partial charge in [0.15, 0.2) is 0 Å². The van der Waals surface area contributed by atoms with Gasteiger partial charge in [-0.3, -0.25) is 14.4 Å². The van der Waals surface area contributed by atoms with E-state index in [4.69, 9.17) is 15.2 Å². The number of ether oxygens (including phenoxy) is 2. The predicted octanol–water partition coefficient (Wildman–Crippen LogP) is 3.53. The summed E-state index contributed by atoms with van der Waals surface area (Å²) < 4.78 is 10.4. The zero-order chi connectivity index (χ0) is 29.9. The SMILES string of the molecule is C=Cc1cccc(C(C(=O)Nc2ccc(OC)cc2)N(CC#N)C(=O)C(CCC(N)=O)NC(=O)OC(C)(C)C)c1. The number of benzene rings is 2. The van der Waals surface area contributed by atoms with Crippen LogP contribution in [0.1, 0.15) is 50.8 Å². The van der Waals surface area contributed by atoms with Crippen LogP contribution < -0.4 is 21.1 Å². The fraction of sp³-hybridized carbons (Fsp3) is 0.345. The fourth-order valence-electron chi connectivity index (χ4n) is 3.78. The number of nitriles is 1. The van der Waals surface area contributed by atoms with Crippen molar-refractivity contribution in [2.75, 3.05) is 19.0 Å². The highest BCUT2D eigenvalue weighted by Gasteiger charge is 2.36. The highest BCUT2D eigenvalue weighted by Crippen LogP contribution is 2.26. The van der Waals surface area contributed by atoms with Crippen LogP contribution in [0.25, 0.3) is 6.08 Å². The number of amides is 4. The van der Waals surface area contributed by atoms with Crippen molar-refractivity contribution in [3.05, 3.63) is 66.2 Å². The molecule has 0 aliphatic rings. The van der Waals surface area contributed by atoms with Gasteiger partial charge in [0.1, 0.15) is 30.0 Å².